The van der Waals surface area contributed by atoms with E-state index in [1.807, 2.05) is 0 Å². The Morgan fingerprint density at radius 2 is 1.90 bits per heavy atom. The third kappa shape index (κ3) is 4.85. The van der Waals surface area contributed by atoms with Crippen LogP contribution in [0.25, 0.3) is 0 Å². The van der Waals surface area contributed by atoms with Crippen LogP contribution < -0.4 is 5.32 Å². The van der Waals surface area contributed by atoms with Crippen LogP contribution in [0.5, 0.6) is 0 Å². The molecule has 2 rings (SSSR count). The fourth-order valence-electron chi connectivity index (χ4n) is 3.76. The zero-order valence-electron chi connectivity index (χ0n) is 14.1. The second kappa shape index (κ2) is 8.58. The van der Waals surface area contributed by atoms with Crippen molar-refractivity contribution in [3.05, 3.63) is 35.9 Å². The lowest BCUT2D eigenvalue weighted by Crippen LogP contribution is -2.33. The molecule has 4 unspecified atom stereocenters. The molecule has 0 spiro atoms. The van der Waals surface area contributed by atoms with Crippen molar-refractivity contribution in [2.45, 2.75) is 71.3 Å². The predicted octanol–water partition coefficient (Wildman–Crippen LogP) is 5.37. The van der Waals surface area contributed by atoms with Gasteiger partial charge in [-0.15, -0.1) is 0 Å². The Kier molecular flexibility index (Phi) is 6.76. The van der Waals surface area contributed by atoms with Gasteiger partial charge in [-0.1, -0.05) is 76.8 Å². The van der Waals surface area contributed by atoms with Gasteiger partial charge in [0.1, 0.15) is 0 Å². The molecule has 0 bridgehead atoms. The Labute approximate surface area is 131 Å². The molecule has 1 saturated carbocycles. The van der Waals surface area contributed by atoms with Crippen molar-refractivity contribution in [2.75, 3.05) is 6.54 Å². The van der Waals surface area contributed by atoms with Gasteiger partial charge in [0.15, 0.2) is 0 Å². The van der Waals surface area contributed by atoms with E-state index in [1.54, 1.807) is 5.56 Å². The minimum absolute atomic E-state index is 0.724. The highest BCUT2D eigenvalue weighted by Gasteiger charge is 2.43. The van der Waals surface area contributed by atoms with Gasteiger partial charge in [0.2, 0.25) is 0 Å². The van der Waals surface area contributed by atoms with Crippen LogP contribution in [-0.2, 0) is 0 Å². The lowest BCUT2D eigenvalue weighted by Gasteiger charge is -2.24. The van der Waals surface area contributed by atoms with Crippen LogP contribution in [0.15, 0.2) is 30.3 Å². The van der Waals surface area contributed by atoms with Gasteiger partial charge in [-0.05, 0) is 42.7 Å². The van der Waals surface area contributed by atoms with Gasteiger partial charge < -0.3 is 5.32 Å². The highest BCUT2D eigenvalue weighted by molar-refractivity contribution is 5.26. The van der Waals surface area contributed by atoms with Crippen LogP contribution in [0.2, 0.25) is 0 Å². The zero-order chi connectivity index (χ0) is 15.1. The summed E-state index contributed by atoms with van der Waals surface area (Å²) >= 11 is 0. The van der Waals surface area contributed by atoms with Crippen LogP contribution >= 0.6 is 0 Å². The van der Waals surface area contributed by atoms with Gasteiger partial charge >= 0.3 is 0 Å². The summed E-state index contributed by atoms with van der Waals surface area (Å²) in [5, 5.41) is 3.79. The lowest BCUT2D eigenvalue weighted by molar-refractivity contribution is 0.328. The highest BCUT2D eigenvalue weighted by Crippen LogP contribution is 2.50. The molecule has 0 aromatic heterocycles. The van der Waals surface area contributed by atoms with Crippen molar-refractivity contribution in [3.63, 3.8) is 0 Å². The van der Waals surface area contributed by atoms with E-state index in [4.69, 9.17) is 0 Å². The fraction of sp³-hybridized carbons (Fsp3) is 0.700. The maximum Gasteiger partial charge on any atom is 0.0104 e. The highest BCUT2D eigenvalue weighted by atomic mass is 14.9. The van der Waals surface area contributed by atoms with Crippen molar-refractivity contribution in [1.82, 2.24) is 5.32 Å². The summed E-state index contributed by atoms with van der Waals surface area (Å²) in [6, 6.07) is 11.8. The number of benzene rings is 1. The molecule has 0 amide bonds. The minimum Gasteiger partial charge on any atom is -0.314 e. The molecule has 0 aliphatic heterocycles. The molecule has 4 atom stereocenters. The monoisotopic (exact) mass is 287 g/mol. The van der Waals surface area contributed by atoms with E-state index in [0.717, 1.165) is 30.3 Å². The molecule has 1 fully saturated rings. The third-order valence-corrected chi connectivity index (χ3v) is 5.18. The molecule has 1 aromatic carbocycles. The van der Waals surface area contributed by atoms with Crippen molar-refractivity contribution >= 4 is 0 Å². The van der Waals surface area contributed by atoms with Crippen LogP contribution in [0.1, 0.15) is 70.8 Å². The van der Waals surface area contributed by atoms with E-state index in [2.05, 4.69) is 56.4 Å². The Bertz CT molecular complexity index is 386. The fourth-order valence-corrected chi connectivity index (χ4v) is 3.76. The first-order chi connectivity index (χ1) is 10.3. The molecule has 0 saturated heterocycles. The lowest BCUT2D eigenvalue weighted by atomic mass is 9.89. The molecular formula is C20H33N. The first-order valence-corrected chi connectivity index (χ1v) is 9.08. The number of hydrogen-bond donors (Lipinski definition) is 1. The van der Waals surface area contributed by atoms with Crippen molar-refractivity contribution < 1.29 is 0 Å². The molecule has 1 N–H and O–H groups in total. The van der Waals surface area contributed by atoms with Gasteiger partial charge in [-0.3, -0.25) is 0 Å². The summed E-state index contributed by atoms with van der Waals surface area (Å²) in [5.74, 6) is 2.58. The topological polar surface area (TPSA) is 12.0 Å². The van der Waals surface area contributed by atoms with E-state index in [-0.39, 0.29) is 0 Å². The van der Waals surface area contributed by atoms with Crippen LogP contribution in [0.4, 0.5) is 0 Å². The molecule has 1 aliphatic rings. The summed E-state index contributed by atoms with van der Waals surface area (Å²) in [7, 11) is 0. The standard InChI is InChI=1S/C20H33N/c1-4-7-11-16(5-2)14-20(21-6-3)19-15-18(19)17-12-9-8-10-13-17/h8-10,12-13,16,18-21H,4-7,11,14-15H2,1-3H3. The van der Waals surface area contributed by atoms with Gasteiger partial charge in [-0.2, -0.15) is 0 Å². The second-order valence-electron chi connectivity index (χ2n) is 6.73. The Hall–Kier alpha value is -0.820. The Morgan fingerprint density at radius 1 is 1.14 bits per heavy atom. The maximum absolute atomic E-state index is 3.79. The molecule has 1 heteroatoms. The first-order valence-electron chi connectivity index (χ1n) is 9.08. The maximum atomic E-state index is 3.79. The van der Waals surface area contributed by atoms with Gasteiger partial charge in [0, 0.05) is 6.04 Å². The predicted molar refractivity (Wildman–Crippen MR) is 92.7 cm³/mol. The Morgan fingerprint density at radius 3 is 2.52 bits per heavy atom. The van der Waals surface area contributed by atoms with E-state index in [1.165, 1.54) is 38.5 Å². The average molecular weight is 287 g/mol. The van der Waals surface area contributed by atoms with Crippen molar-refractivity contribution in [1.29, 1.82) is 0 Å². The van der Waals surface area contributed by atoms with Crippen LogP contribution in [0, 0.1) is 11.8 Å². The van der Waals surface area contributed by atoms with Gasteiger partial charge in [0.05, 0.1) is 0 Å². The summed E-state index contributed by atoms with van der Waals surface area (Å²) in [6.45, 7) is 8.03. The second-order valence-corrected chi connectivity index (χ2v) is 6.73. The van der Waals surface area contributed by atoms with Crippen LogP contribution in [-0.4, -0.2) is 12.6 Å². The quantitative estimate of drug-likeness (QED) is 0.609. The van der Waals surface area contributed by atoms with Crippen LogP contribution in [0.3, 0.4) is 0 Å². The number of hydrogen-bond acceptors (Lipinski definition) is 1. The zero-order valence-corrected chi connectivity index (χ0v) is 14.1. The number of rotatable bonds is 10. The Balaban J connectivity index is 1.90. The van der Waals surface area contributed by atoms with Crippen molar-refractivity contribution in [3.8, 4) is 0 Å². The summed E-state index contributed by atoms with van der Waals surface area (Å²) in [4.78, 5) is 0. The summed E-state index contributed by atoms with van der Waals surface area (Å²) < 4.78 is 0. The molecule has 1 aliphatic carbocycles. The summed E-state index contributed by atoms with van der Waals surface area (Å²) in [5.41, 5.74) is 1.55. The number of unbranched alkanes of at least 4 members (excludes halogenated alkanes) is 1. The smallest absolute Gasteiger partial charge is 0.0104 e. The van der Waals surface area contributed by atoms with Crippen molar-refractivity contribution in [2.24, 2.45) is 11.8 Å². The largest absolute Gasteiger partial charge is 0.314 e. The third-order valence-electron chi connectivity index (χ3n) is 5.18. The molecule has 21 heavy (non-hydrogen) atoms. The van der Waals surface area contributed by atoms with E-state index in [0.29, 0.717) is 0 Å². The van der Waals surface area contributed by atoms with Gasteiger partial charge in [-0.25, -0.2) is 0 Å². The molecular weight excluding hydrogens is 254 g/mol. The van der Waals surface area contributed by atoms with E-state index < -0.39 is 0 Å². The SMILES string of the molecule is CCCCC(CC)CC(NCC)C1CC1c1ccccc1. The van der Waals surface area contributed by atoms with Gasteiger partial charge in [0.25, 0.3) is 0 Å². The van der Waals surface area contributed by atoms with E-state index >= 15 is 0 Å². The normalized spacial score (nSPS) is 23.8. The molecule has 1 aromatic rings. The molecule has 0 heterocycles. The molecule has 0 radical (unpaired) electrons. The molecule has 118 valence electrons. The average Bonchev–Trinajstić information content (AvgIpc) is 3.32. The molecule has 1 nitrogen and oxygen atoms in total. The first kappa shape index (κ1) is 16.5. The minimum atomic E-state index is 0.724. The summed E-state index contributed by atoms with van der Waals surface area (Å²) in [6.07, 6.45) is 8.23. The number of nitrogens with one attached hydrogen (secondary N) is 1. The van der Waals surface area contributed by atoms with E-state index in [9.17, 15) is 0 Å².